The van der Waals surface area contributed by atoms with E-state index in [-0.39, 0.29) is 30.0 Å². The van der Waals surface area contributed by atoms with Gasteiger partial charge in [-0.15, -0.1) is 0 Å². The lowest BCUT2D eigenvalue weighted by atomic mass is 10.1. The van der Waals surface area contributed by atoms with Crippen molar-refractivity contribution in [2.24, 2.45) is 5.92 Å². The molecule has 19 heavy (non-hydrogen) atoms. The number of nitrogens with zero attached hydrogens (tertiary/aromatic N) is 2. The predicted octanol–water partition coefficient (Wildman–Crippen LogP) is 2.33. The van der Waals surface area contributed by atoms with E-state index < -0.39 is 5.92 Å². The second kappa shape index (κ2) is 5.46. The number of hydrogen-bond donors (Lipinski definition) is 0. The predicted molar refractivity (Wildman–Crippen MR) is 74.2 cm³/mol. The van der Waals surface area contributed by atoms with Crippen molar-refractivity contribution >= 4 is 45.1 Å². The van der Waals surface area contributed by atoms with Crippen LogP contribution in [-0.2, 0) is 14.3 Å². The third-order valence-corrected chi connectivity index (χ3v) is 4.21. The van der Waals surface area contributed by atoms with Gasteiger partial charge in [0, 0.05) is 23.6 Å². The number of hydrogen-bond acceptors (Lipinski definition) is 4. The number of carbonyl (C=O) groups excluding carboxylic acids is 2. The first kappa shape index (κ1) is 14.3. The minimum Gasteiger partial charge on any atom is -0.469 e. The van der Waals surface area contributed by atoms with Crippen LogP contribution in [-0.4, -0.2) is 30.5 Å². The Morgan fingerprint density at radius 3 is 2.95 bits per heavy atom. The fourth-order valence-electron chi connectivity index (χ4n) is 2.10. The molecule has 1 saturated heterocycles. The summed E-state index contributed by atoms with van der Waals surface area (Å²) < 4.78 is 5.44. The quantitative estimate of drug-likeness (QED) is 0.608. The maximum atomic E-state index is 12.0. The van der Waals surface area contributed by atoms with Crippen LogP contribution in [0.3, 0.4) is 0 Å². The summed E-state index contributed by atoms with van der Waals surface area (Å²) in [7, 11) is 1.31. The minimum absolute atomic E-state index is 0.134. The third-order valence-electron chi connectivity index (χ3n) is 3.13. The molecule has 1 aliphatic rings. The summed E-state index contributed by atoms with van der Waals surface area (Å²) in [4.78, 5) is 29.1. The number of anilines is 1. The van der Waals surface area contributed by atoms with Gasteiger partial charge in [-0.2, -0.15) is 0 Å². The highest BCUT2D eigenvalue weighted by atomic mass is 79.9. The van der Waals surface area contributed by atoms with Gasteiger partial charge < -0.3 is 9.64 Å². The molecule has 102 valence electrons. The monoisotopic (exact) mass is 346 g/mol. The number of pyridine rings is 1. The summed E-state index contributed by atoms with van der Waals surface area (Å²) in [5, 5.41) is 0.250. The lowest BCUT2D eigenvalue weighted by molar-refractivity contribution is -0.145. The van der Waals surface area contributed by atoms with Gasteiger partial charge in [-0.1, -0.05) is 11.6 Å². The van der Waals surface area contributed by atoms with Crippen LogP contribution in [0.15, 0.2) is 10.7 Å². The van der Waals surface area contributed by atoms with E-state index in [0.717, 1.165) is 10.0 Å². The van der Waals surface area contributed by atoms with Crippen LogP contribution in [0.1, 0.15) is 12.0 Å². The van der Waals surface area contributed by atoms with E-state index >= 15 is 0 Å². The van der Waals surface area contributed by atoms with Crippen molar-refractivity contribution in [3.8, 4) is 0 Å². The second-order valence-corrected chi connectivity index (χ2v) is 5.51. The zero-order chi connectivity index (χ0) is 14.2. The molecule has 0 N–H and O–H groups in total. The Kier molecular flexibility index (Phi) is 4.10. The fourth-order valence-corrected chi connectivity index (χ4v) is 2.68. The van der Waals surface area contributed by atoms with E-state index in [0.29, 0.717) is 5.69 Å². The Bertz CT molecular complexity index is 550. The van der Waals surface area contributed by atoms with Gasteiger partial charge >= 0.3 is 5.97 Å². The van der Waals surface area contributed by atoms with Crippen LogP contribution < -0.4 is 4.90 Å². The van der Waals surface area contributed by atoms with Crippen LogP contribution in [0, 0.1) is 12.8 Å². The van der Waals surface area contributed by atoms with Crippen LogP contribution in [0.25, 0.3) is 0 Å². The molecule has 1 aliphatic heterocycles. The lowest BCUT2D eigenvalue weighted by Gasteiger charge is -2.20. The molecule has 5 nitrogen and oxygen atoms in total. The standard InChI is InChI=1S/C12H12BrClN2O3/c1-6-8(13)4-15-11(14)10(6)16-5-7(3-9(16)17)12(18)19-2/h4,7H,3,5H2,1-2H3. The van der Waals surface area contributed by atoms with E-state index in [9.17, 15) is 9.59 Å². The van der Waals surface area contributed by atoms with Crippen LogP contribution in [0.2, 0.25) is 5.15 Å². The second-order valence-electron chi connectivity index (χ2n) is 4.30. The van der Waals surface area contributed by atoms with Crippen molar-refractivity contribution in [1.29, 1.82) is 0 Å². The Balaban J connectivity index is 2.36. The molecule has 0 aliphatic carbocycles. The zero-order valence-corrected chi connectivity index (χ0v) is 12.8. The lowest BCUT2D eigenvalue weighted by Crippen LogP contribution is -2.27. The molecule has 1 amide bonds. The number of methoxy groups -OCH3 is 1. The van der Waals surface area contributed by atoms with Gasteiger partial charge in [0.15, 0.2) is 5.15 Å². The van der Waals surface area contributed by atoms with Crippen LogP contribution in [0.5, 0.6) is 0 Å². The van der Waals surface area contributed by atoms with Gasteiger partial charge in [-0.25, -0.2) is 4.98 Å². The third kappa shape index (κ3) is 2.60. The number of amides is 1. The number of aromatic nitrogens is 1. The van der Waals surface area contributed by atoms with E-state index in [4.69, 9.17) is 11.6 Å². The molecule has 0 bridgehead atoms. The summed E-state index contributed by atoms with van der Waals surface area (Å²) in [5.41, 5.74) is 1.37. The summed E-state index contributed by atoms with van der Waals surface area (Å²) in [5.74, 6) is -0.986. The topological polar surface area (TPSA) is 59.5 Å². The Hall–Kier alpha value is -1.14. The summed E-state index contributed by atoms with van der Waals surface area (Å²) in [6.45, 7) is 2.11. The first-order chi connectivity index (χ1) is 8.95. The summed E-state index contributed by atoms with van der Waals surface area (Å²) >= 11 is 9.42. The molecule has 1 aromatic rings. The first-order valence-electron chi connectivity index (χ1n) is 5.64. The fraction of sp³-hybridized carbons (Fsp3) is 0.417. The summed E-state index contributed by atoms with van der Waals surface area (Å²) in [6, 6.07) is 0. The zero-order valence-electron chi connectivity index (χ0n) is 10.4. The van der Waals surface area contributed by atoms with Crippen LogP contribution >= 0.6 is 27.5 Å². The van der Waals surface area contributed by atoms with Gasteiger partial charge in [0.2, 0.25) is 5.91 Å². The van der Waals surface area contributed by atoms with Crippen molar-refractivity contribution in [3.05, 3.63) is 21.4 Å². The van der Waals surface area contributed by atoms with Crippen molar-refractivity contribution in [1.82, 2.24) is 4.98 Å². The molecule has 0 radical (unpaired) electrons. The minimum atomic E-state index is -0.452. The maximum absolute atomic E-state index is 12.0. The smallest absolute Gasteiger partial charge is 0.311 e. The Morgan fingerprint density at radius 2 is 2.32 bits per heavy atom. The number of ether oxygens (including phenoxy) is 1. The molecule has 0 saturated carbocycles. The molecule has 1 unspecified atom stereocenters. The average molecular weight is 348 g/mol. The molecule has 0 aromatic carbocycles. The number of esters is 1. The van der Waals surface area contributed by atoms with Gasteiger partial charge in [0.05, 0.1) is 18.7 Å². The molecule has 1 atom stereocenters. The maximum Gasteiger partial charge on any atom is 0.311 e. The highest BCUT2D eigenvalue weighted by Gasteiger charge is 2.37. The molecule has 2 heterocycles. The Morgan fingerprint density at radius 1 is 1.63 bits per heavy atom. The molecule has 1 aromatic heterocycles. The number of halogens is 2. The highest BCUT2D eigenvalue weighted by molar-refractivity contribution is 9.10. The molecular formula is C12H12BrClN2O3. The van der Waals surface area contributed by atoms with Crippen molar-refractivity contribution in [2.45, 2.75) is 13.3 Å². The van der Waals surface area contributed by atoms with Gasteiger partial charge in [0.25, 0.3) is 0 Å². The first-order valence-corrected chi connectivity index (χ1v) is 6.81. The normalized spacial score (nSPS) is 18.8. The number of carbonyl (C=O) groups is 2. The highest BCUT2D eigenvalue weighted by Crippen LogP contribution is 2.36. The van der Waals surface area contributed by atoms with E-state index in [2.05, 4.69) is 25.7 Å². The van der Waals surface area contributed by atoms with E-state index in [1.54, 1.807) is 6.20 Å². The van der Waals surface area contributed by atoms with E-state index in [1.807, 2.05) is 6.92 Å². The summed E-state index contributed by atoms with van der Waals surface area (Å²) in [6.07, 6.45) is 1.72. The van der Waals surface area contributed by atoms with Gasteiger partial charge in [-0.05, 0) is 28.4 Å². The van der Waals surface area contributed by atoms with Crippen LogP contribution in [0.4, 0.5) is 5.69 Å². The van der Waals surface area contributed by atoms with Crippen molar-refractivity contribution in [3.63, 3.8) is 0 Å². The van der Waals surface area contributed by atoms with Crippen molar-refractivity contribution < 1.29 is 14.3 Å². The molecular weight excluding hydrogens is 336 g/mol. The van der Waals surface area contributed by atoms with Gasteiger partial charge in [0.1, 0.15) is 0 Å². The molecule has 2 rings (SSSR count). The largest absolute Gasteiger partial charge is 0.469 e. The molecule has 0 spiro atoms. The average Bonchev–Trinajstić information content (AvgIpc) is 2.76. The van der Waals surface area contributed by atoms with E-state index in [1.165, 1.54) is 12.0 Å². The van der Waals surface area contributed by atoms with Gasteiger partial charge in [-0.3, -0.25) is 9.59 Å². The van der Waals surface area contributed by atoms with Crippen molar-refractivity contribution in [2.75, 3.05) is 18.6 Å². The SMILES string of the molecule is COC(=O)C1CC(=O)N(c2c(Cl)ncc(Br)c2C)C1. The Labute approximate surface area is 124 Å². The molecule has 7 heteroatoms. The number of rotatable bonds is 2. The molecule has 1 fully saturated rings.